The Morgan fingerprint density at radius 2 is 2.26 bits per heavy atom. The number of thioether (sulfide) groups is 1. The predicted octanol–water partition coefficient (Wildman–Crippen LogP) is 2.46. The van der Waals surface area contributed by atoms with Crippen LogP contribution in [0.5, 0.6) is 5.75 Å². The topological polar surface area (TPSA) is 84.8 Å². The SMILES string of the molecule is COc1cccc(C2CNC(=O)c3nc(-c4cn5c(n4)SCC5)[nH]c3C2)c1. The fraction of sp³-hybridized carbons (Fsp3) is 0.316. The van der Waals surface area contributed by atoms with Crippen molar-refractivity contribution in [2.45, 2.75) is 24.0 Å². The lowest BCUT2D eigenvalue weighted by atomic mass is 9.94. The number of imidazole rings is 2. The summed E-state index contributed by atoms with van der Waals surface area (Å²) in [5.74, 6) is 2.55. The smallest absolute Gasteiger partial charge is 0.271 e. The maximum atomic E-state index is 12.5. The number of aromatic amines is 1. The summed E-state index contributed by atoms with van der Waals surface area (Å²) in [4.78, 5) is 25.1. The first-order valence-electron chi connectivity index (χ1n) is 8.92. The quantitative estimate of drug-likeness (QED) is 0.728. The van der Waals surface area contributed by atoms with E-state index in [-0.39, 0.29) is 11.8 Å². The molecule has 0 radical (unpaired) electrons. The van der Waals surface area contributed by atoms with Crippen LogP contribution in [0.4, 0.5) is 0 Å². The number of benzene rings is 1. The maximum absolute atomic E-state index is 12.5. The van der Waals surface area contributed by atoms with Crippen molar-refractivity contribution in [2.24, 2.45) is 0 Å². The Labute approximate surface area is 160 Å². The van der Waals surface area contributed by atoms with Crippen LogP contribution in [0.15, 0.2) is 35.6 Å². The molecule has 0 saturated carbocycles. The van der Waals surface area contributed by atoms with E-state index < -0.39 is 0 Å². The molecule has 3 aromatic rings. The second-order valence-corrected chi connectivity index (χ2v) is 7.81. The number of ether oxygens (including phenoxy) is 1. The maximum Gasteiger partial charge on any atom is 0.271 e. The van der Waals surface area contributed by atoms with Crippen molar-refractivity contribution in [3.05, 3.63) is 47.4 Å². The largest absolute Gasteiger partial charge is 0.497 e. The van der Waals surface area contributed by atoms with Crippen molar-refractivity contribution < 1.29 is 9.53 Å². The Hall–Kier alpha value is -2.74. The average Bonchev–Trinajstić information content (AvgIpc) is 3.37. The molecule has 0 bridgehead atoms. The van der Waals surface area contributed by atoms with Gasteiger partial charge in [-0.05, 0) is 24.1 Å². The van der Waals surface area contributed by atoms with E-state index in [4.69, 9.17) is 4.74 Å². The van der Waals surface area contributed by atoms with Crippen LogP contribution >= 0.6 is 11.8 Å². The first-order chi connectivity index (χ1) is 13.2. The molecule has 2 aliphatic heterocycles. The molecule has 1 amide bonds. The van der Waals surface area contributed by atoms with Gasteiger partial charge in [-0.25, -0.2) is 9.97 Å². The predicted molar refractivity (Wildman–Crippen MR) is 102 cm³/mol. The molecule has 0 saturated heterocycles. The van der Waals surface area contributed by atoms with Gasteiger partial charge in [0.25, 0.3) is 5.91 Å². The Morgan fingerprint density at radius 1 is 1.33 bits per heavy atom. The third-order valence-corrected chi connectivity index (χ3v) is 6.04. The van der Waals surface area contributed by atoms with E-state index >= 15 is 0 Å². The highest BCUT2D eigenvalue weighted by Crippen LogP contribution is 2.31. The number of amides is 1. The standard InChI is InChI=1S/C19H19N5O2S/c1-26-13-4-2-3-11(7-13)12-8-14-16(18(25)20-9-12)23-17(21-14)15-10-24-5-6-27-19(24)22-15/h2-4,7,10,12H,5-6,8-9H2,1H3,(H,20,25)(H,21,23). The van der Waals surface area contributed by atoms with E-state index in [1.807, 2.05) is 24.4 Å². The van der Waals surface area contributed by atoms with Crippen LogP contribution in [-0.2, 0) is 13.0 Å². The van der Waals surface area contributed by atoms with Crippen LogP contribution in [0.1, 0.15) is 27.7 Å². The van der Waals surface area contributed by atoms with E-state index in [1.54, 1.807) is 18.9 Å². The summed E-state index contributed by atoms with van der Waals surface area (Å²) in [6.07, 6.45) is 2.71. The minimum absolute atomic E-state index is 0.140. The highest BCUT2D eigenvalue weighted by molar-refractivity contribution is 7.99. The number of carbonyl (C=O) groups is 1. The molecule has 27 heavy (non-hydrogen) atoms. The number of H-pyrrole nitrogens is 1. The Bertz CT molecular complexity index is 1000. The van der Waals surface area contributed by atoms with Crippen LogP contribution in [-0.4, -0.2) is 44.8 Å². The van der Waals surface area contributed by atoms with Crippen LogP contribution < -0.4 is 10.1 Å². The molecule has 4 heterocycles. The number of hydrogen-bond acceptors (Lipinski definition) is 5. The number of aromatic nitrogens is 4. The summed E-state index contributed by atoms with van der Waals surface area (Å²) in [7, 11) is 1.66. The summed E-state index contributed by atoms with van der Waals surface area (Å²) >= 11 is 1.74. The molecule has 2 aliphatic rings. The van der Waals surface area contributed by atoms with Crippen molar-refractivity contribution in [1.82, 2.24) is 24.8 Å². The lowest BCUT2D eigenvalue weighted by Gasteiger charge is -2.15. The number of fused-ring (bicyclic) bond motifs is 2. The van der Waals surface area contributed by atoms with Crippen LogP contribution in [0.25, 0.3) is 11.5 Å². The normalized spacial score (nSPS) is 18.6. The molecule has 8 heteroatoms. The Kier molecular flexibility index (Phi) is 3.93. The molecule has 1 aromatic carbocycles. The molecular weight excluding hydrogens is 362 g/mol. The molecule has 7 nitrogen and oxygen atoms in total. The first kappa shape index (κ1) is 16.4. The summed E-state index contributed by atoms with van der Waals surface area (Å²) in [5, 5.41) is 4.01. The second kappa shape index (κ2) is 6.45. The number of nitrogens with one attached hydrogen (secondary N) is 2. The monoisotopic (exact) mass is 381 g/mol. The Balaban J connectivity index is 1.48. The highest BCUT2D eigenvalue weighted by atomic mass is 32.2. The van der Waals surface area contributed by atoms with Crippen molar-refractivity contribution in [2.75, 3.05) is 19.4 Å². The summed E-state index contributed by atoms with van der Waals surface area (Å²) < 4.78 is 7.47. The van der Waals surface area contributed by atoms with E-state index in [2.05, 4.69) is 30.9 Å². The van der Waals surface area contributed by atoms with Gasteiger partial charge in [-0.15, -0.1) is 0 Å². The van der Waals surface area contributed by atoms with Crippen LogP contribution in [0.2, 0.25) is 0 Å². The lowest BCUT2D eigenvalue weighted by Crippen LogP contribution is -2.26. The molecular formula is C19H19N5O2S. The molecule has 5 rings (SSSR count). The van der Waals surface area contributed by atoms with Crippen molar-refractivity contribution in [3.8, 4) is 17.3 Å². The zero-order valence-corrected chi connectivity index (χ0v) is 15.7. The van der Waals surface area contributed by atoms with Gasteiger partial charge >= 0.3 is 0 Å². The van der Waals surface area contributed by atoms with Gasteiger partial charge in [0.15, 0.2) is 11.0 Å². The van der Waals surface area contributed by atoms with Crippen LogP contribution in [0, 0.1) is 0 Å². The zero-order valence-electron chi connectivity index (χ0n) is 14.9. The summed E-state index contributed by atoms with van der Waals surface area (Å²) in [5.41, 5.74) is 3.25. The number of nitrogens with zero attached hydrogens (tertiary/aromatic N) is 3. The number of hydrogen-bond donors (Lipinski definition) is 2. The van der Waals surface area contributed by atoms with Gasteiger partial charge in [-0.2, -0.15) is 0 Å². The van der Waals surface area contributed by atoms with Gasteiger partial charge in [0.1, 0.15) is 17.1 Å². The minimum Gasteiger partial charge on any atom is -0.497 e. The summed E-state index contributed by atoms with van der Waals surface area (Å²) in [6.45, 7) is 1.53. The number of aryl methyl sites for hydroxylation is 1. The minimum atomic E-state index is -0.140. The van der Waals surface area contributed by atoms with Crippen molar-refractivity contribution in [1.29, 1.82) is 0 Å². The molecule has 0 fully saturated rings. The van der Waals surface area contributed by atoms with Crippen LogP contribution in [0.3, 0.4) is 0 Å². The molecule has 0 aliphatic carbocycles. The van der Waals surface area contributed by atoms with Gasteiger partial charge in [-0.1, -0.05) is 23.9 Å². The molecule has 2 aromatic heterocycles. The number of methoxy groups -OCH3 is 1. The van der Waals surface area contributed by atoms with Gasteiger partial charge in [0.05, 0.1) is 7.11 Å². The highest BCUT2D eigenvalue weighted by Gasteiger charge is 2.27. The molecule has 0 spiro atoms. The van der Waals surface area contributed by atoms with Crippen molar-refractivity contribution >= 4 is 17.7 Å². The molecule has 138 valence electrons. The average molecular weight is 381 g/mol. The molecule has 2 N–H and O–H groups in total. The molecule has 1 unspecified atom stereocenters. The number of carbonyl (C=O) groups excluding carboxylic acids is 1. The first-order valence-corrected chi connectivity index (χ1v) is 9.91. The lowest BCUT2D eigenvalue weighted by molar-refractivity contribution is 0.0950. The third kappa shape index (κ3) is 2.90. The van der Waals surface area contributed by atoms with Gasteiger partial charge in [-0.3, -0.25) is 4.79 Å². The van der Waals surface area contributed by atoms with Gasteiger partial charge in [0, 0.05) is 36.7 Å². The van der Waals surface area contributed by atoms with E-state index in [9.17, 15) is 4.79 Å². The Morgan fingerprint density at radius 3 is 3.11 bits per heavy atom. The molecule has 1 atom stereocenters. The fourth-order valence-corrected chi connectivity index (χ4v) is 4.58. The van der Waals surface area contributed by atoms with Gasteiger partial charge in [0.2, 0.25) is 0 Å². The second-order valence-electron chi connectivity index (χ2n) is 6.75. The zero-order chi connectivity index (χ0) is 18.4. The van der Waals surface area contributed by atoms with E-state index in [1.165, 1.54) is 0 Å². The third-order valence-electron chi connectivity index (χ3n) is 5.06. The fourth-order valence-electron chi connectivity index (χ4n) is 3.64. The van der Waals surface area contributed by atoms with Crippen molar-refractivity contribution in [3.63, 3.8) is 0 Å². The summed E-state index contributed by atoms with van der Waals surface area (Å²) in [6, 6.07) is 7.99. The van der Waals surface area contributed by atoms with E-state index in [0.717, 1.165) is 40.2 Å². The van der Waals surface area contributed by atoms with Gasteiger partial charge < -0.3 is 19.6 Å². The van der Waals surface area contributed by atoms with E-state index in [0.29, 0.717) is 24.5 Å². The number of rotatable bonds is 3.